The van der Waals surface area contributed by atoms with E-state index in [-0.39, 0.29) is 35.4 Å². The Morgan fingerprint density at radius 3 is 2.29 bits per heavy atom. The van der Waals surface area contributed by atoms with Crippen molar-refractivity contribution in [2.24, 2.45) is 0 Å². The number of aromatic carboxylic acids is 1. The second-order valence-electron chi connectivity index (χ2n) is 11.0. The molecule has 0 fully saturated rings. The lowest BCUT2D eigenvalue weighted by molar-refractivity contribution is -0.137. The maximum Gasteiger partial charge on any atom is 0.338 e. The first-order chi connectivity index (χ1) is 20.0. The zero-order chi connectivity index (χ0) is 30.5. The summed E-state index contributed by atoms with van der Waals surface area (Å²) in [7, 11) is 0. The molecule has 0 amide bonds. The number of nitrogens with zero attached hydrogens (tertiary/aromatic N) is 2. The summed E-state index contributed by atoms with van der Waals surface area (Å²) < 4.78 is 0. The van der Waals surface area contributed by atoms with E-state index in [1.807, 2.05) is 45.9 Å². The average Bonchev–Trinajstić information content (AvgIpc) is 3.61. The van der Waals surface area contributed by atoms with Gasteiger partial charge in [-0.25, -0.2) is 9.78 Å². The van der Waals surface area contributed by atoms with Gasteiger partial charge in [-0.05, 0) is 74.1 Å². The number of hydrogen-bond donors (Lipinski definition) is 4. The minimum absolute atomic E-state index is 0.0226. The molecule has 2 atom stereocenters. The van der Waals surface area contributed by atoms with Gasteiger partial charge in [0.1, 0.15) is 0 Å². The van der Waals surface area contributed by atoms with Crippen LogP contribution >= 0.6 is 0 Å². The van der Waals surface area contributed by atoms with E-state index < -0.39 is 17.9 Å². The molecule has 0 saturated carbocycles. The first kappa shape index (κ1) is 28.7. The monoisotopic (exact) mass is 566 g/mol. The van der Waals surface area contributed by atoms with Crippen LogP contribution in [-0.4, -0.2) is 48.4 Å². The van der Waals surface area contributed by atoms with Crippen LogP contribution in [0.3, 0.4) is 0 Å². The molecule has 0 aliphatic carbocycles. The van der Waals surface area contributed by atoms with Crippen LogP contribution in [-0.2, 0) is 4.79 Å². The highest BCUT2D eigenvalue weighted by Gasteiger charge is 2.33. The van der Waals surface area contributed by atoms with E-state index in [4.69, 9.17) is 9.97 Å². The molecule has 8 bridgehead atoms. The minimum atomic E-state index is -1.18. The molecule has 3 aromatic rings. The topological polar surface area (TPSA) is 149 Å². The number of allylic oxidation sites excluding steroid dienone is 2. The Morgan fingerprint density at radius 2 is 1.67 bits per heavy atom. The number of aromatic amines is 2. The van der Waals surface area contributed by atoms with E-state index in [1.54, 1.807) is 13.0 Å². The number of nitrogens with one attached hydrogen (secondary N) is 2. The first-order valence-electron chi connectivity index (χ1n) is 14.0. The molecule has 0 saturated heterocycles. The Kier molecular flexibility index (Phi) is 7.45. The second kappa shape index (κ2) is 10.9. The summed E-state index contributed by atoms with van der Waals surface area (Å²) in [5, 5.41) is 19.7. The highest BCUT2D eigenvalue weighted by atomic mass is 16.4. The number of aldehydes is 1. The number of rotatable bonds is 7. The van der Waals surface area contributed by atoms with Crippen LogP contribution in [0, 0.1) is 13.8 Å². The van der Waals surface area contributed by atoms with Crippen LogP contribution in [0.4, 0.5) is 0 Å². The van der Waals surface area contributed by atoms with Gasteiger partial charge in [0.25, 0.3) is 0 Å². The molecule has 5 rings (SSSR count). The Hall–Kier alpha value is -4.79. The van der Waals surface area contributed by atoms with Crippen molar-refractivity contribution >= 4 is 57.5 Å². The van der Waals surface area contributed by atoms with Crippen LogP contribution in [0.15, 0.2) is 24.8 Å². The van der Waals surface area contributed by atoms with Crippen molar-refractivity contribution in [1.29, 1.82) is 0 Å². The number of aliphatic carboxylic acids is 1. The van der Waals surface area contributed by atoms with Gasteiger partial charge in [-0.2, -0.15) is 0 Å². The second-order valence-corrected chi connectivity index (χ2v) is 11.0. The maximum atomic E-state index is 12.7. The zero-order valence-electron chi connectivity index (χ0n) is 24.4. The number of carboxylic acid groups (broad SMARTS) is 2. The van der Waals surface area contributed by atoms with Crippen molar-refractivity contribution in [1.82, 2.24) is 19.9 Å². The molecule has 0 radical (unpaired) electrons. The number of fused-ring (bicyclic) bond motifs is 8. The number of carbonyl (C=O) groups is 3. The van der Waals surface area contributed by atoms with Crippen molar-refractivity contribution in [3.8, 4) is 0 Å². The molecule has 0 spiro atoms. The molecular weight excluding hydrogens is 532 g/mol. The molecule has 0 aromatic carbocycles. The molecule has 0 unspecified atom stereocenters. The number of carbonyl (C=O) groups excluding carboxylic acids is 1. The van der Waals surface area contributed by atoms with Gasteiger partial charge in [0.15, 0.2) is 6.29 Å². The summed E-state index contributed by atoms with van der Waals surface area (Å²) in [6, 6.07) is 5.75. The summed E-state index contributed by atoms with van der Waals surface area (Å²) in [6.45, 7) is 13.7. The number of aromatic nitrogens is 4. The number of H-pyrrole nitrogens is 2. The van der Waals surface area contributed by atoms with Crippen molar-refractivity contribution < 1.29 is 24.6 Å². The van der Waals surface area contributed by atoms with Crippen molar-refractivity contribution in [3.63, 3.8) is 0 Å². The van der Waals surface area contributed by atoms with Gasteiger partial charge in [-0.1, -0.05) is 26.5 Å². The quantitative estimate of drug-likeness (QED) is 0.221. The van der Waals surface area contributed by atoms with E-state index in [9.17, 15) is 24.6 Å². The molecular formula is C33H34N4O5. The van der Waals surface area contributed by atoms with Gasteiger partial charge < -0.3 is 20.2 Å². The van der Waals surface area contributed by atoms with Gasteiger partial charge in [0, 0.05) is 46.1 Å². The molecule has 42 heavy (non-hydrogen) atoms. The standard InChI is InChI=1S/C33H34N4O5/c1-7-19-15(3)23-11-25-17(5)21(9-10-29(39)40)31(36-25)22(14-38)32-30(33(41)42)18(6)26(37-32)13-28-20(8-2)16(4)24(35-28)12-27(19)34-23/h7,11-14,17,21,34,37H,1,8-10H2,2-6H3,(H,39,40)(H,41,42)/t17-,21-/m0/s1. The van der Waals surface area contributed by atoms with Gasteiger partial charge in [0.05, 0.1) is 33.7 Å². The highest BCUT2D eigenvalue weighted by molar-refractivity contribution is 6.06. The van der Waals surface area contributed by atoms with E-state index in [0.29, 0.717) is 34.4 Å². The zero-order valence-corrected chi connectivity index (χ0v) is 24.4. The van der Waals surface area contributed by atoms with Crippen LogP contribution in [0.5, 0.6) is 0 Å². The average molecular weight is 567 g/mol. The molecule has 9 nitrogen and oxygen atoms in total. The fraction of sp³-hybridized carbons (Fsp3) is 0.303. The fourth-order valence-corrected chi connectivity index (χ4v) is 6.26. The lowest BCUT2D eigenvalue weighted by atomic mass is 9.85. The van der Waals surface area contributed by atoms with Gasteiger partial charge in [0.2, 0.25) is 0 Å². The van der Waals surface area contributed by atoms with E-state index in [1.165, 1.54) is 0 Å². The van der Waals surface area contributed by atoms with Crippen LogP contribution < -0.4 is 0 Å². The van der Waals surface area contributed by atoms with E-state index in [0.717, 1.165) is 45.4 Å². The third-order valence-corrected chi connectivity index (χ3v) is 8.67. The molecule has 4 N–H and O–H groups in total. The largest absolute Gasteiger partial charge is 0.481 e. The predicted octanol–water partition coefficient (Wildman–Crippen LogP) is 7.18. The first-order valence-corrected chi connectivity index (χ1v) is 14.0. The van der Waals surface area contributed by atoms with Gasteiger partial charge >= 0.3 is 11.9 Å². The van der Waals surface area contributed by atoms with Crippen LogP contribution in [0.25, 0.3) is 39.3 Å². The lowest BCUT2D eigenvalue weighted by Crippen LogP contribution is -2.08. The van der Waals surface area contributed by atoms with Crippen molar-refractivity contribution in [2.75, 3.05) is 0 Å². The van der Waals surface area contributed by atoms with E-state index >= 15 is 0 Å². The summed E-state index contributed by atoms with van der Waals surface area (Å²) in [6.07, 6.45) is 3.27. The molecule has 216 valence electrons. The summed E-state index contributed by atoms with van der Waals surface area (Å²) in [4.78, 5) is 53.4. The Balaban J connectivity index is 2.02. The number of carboxylic acids is 2. The third-order valence-electron chi connectivity index (χ3n) is 8.67. The Bertz CT molecular complexity index is 1870. The van der Waals surface area contributed by atoms with Crippen LogP contribution in [0.1, 0.15) is 112 Å². The molecule has 9 heteroatoms. The maximum absolute atomic E-state index is 12.7. The summed E-state index contributed by atoms with van der Waals surface area (Å²) in [5.74, 6) is -2.77. The van der Waals surface area contributed by atoms with Crippen LogP contribution in [0.2, 0.25) is 0 Å². The molecule has 3 aromatic heterocycles. The molecule has 2 aliphatic heterocycles. The summed E-state index contributed by atoms with van der Waals surface area (Å²) in [5.41, 5.74) is 9.42. The van der Waals surface area contributed by atoms with E-state index in [2.05, 4.69) is 16.5 Å². The number of hydrogen-bond acceptors (Lipinski definition) is 5. The Labute approximate surface area is 243 Å². The van der Waals surface area contributed by atoms with Crippen molar-refractivity contribution in [3.05, 3.63) is 75.4 Å². The summed E-state index contributed by atoms with van der Waals surface area (Å²) >= 11 is 0. The molecule has 5 heterocycles. The Morgan fingerprint density at radius 1 is 0.976 bits per heavy atom. The highest BCUT2D eigenvalue weighted by Crippen LogP contribution is 2.42. The molecule has 2 aliphatic rings. The SMILES string of the molecule is C=Cc1c(C)c2cc3nc(c(C=O)c4[nH]c(cc5nc(cc1[nH]2)C(C)=C5CC)c(C)c4C(=O)O)[C@@H](CCC(=O)O)[C@@H]3C. The van der Waals surface area contributed by atoms with Gasteiger partial charge in [-0.15, -0.1) is 0 Å². The van der Waals surface area contributed by atoms with Crippen molar-refractivity contribution in [2.45, 2.75) is 65.7 Å². The smallest absolute Gasteiger partial charge is 0.338 e. The fourth-order valence-electron chi connectivity index (χ4n) is 6.26. The lowest BCUT2D eigenvalue weighted by Gasteiger charge is -2.15. The minimum Gasteiger partial charge on any atom is -0.481 e. The van der Waals surface area contributed by atoms with Gasteiger partial charge in [-0.3, -0.25) is 14.6 Å². The third kappa shape index (κ3) is 4.64. The number of aryl methyl sites for hydroxylation is 2. The predicted molar refractivity (Wildman–Crippen MR) is 164 cm³/mol. The normalized spacial score (nSPS) is 16.5.